The molecule has 1 fully saturated rings. The molecule has 0 bridgehead atoms. The van der Waals surface area contributed by atoms with Crippen molar-refractivity contribution in [2.75, 3.05) is 19.0 Å². The van der Waals surface area contributed by atoms with Crippen LogP contribution in [-0.4, -0.2) is 25.3 Å². The van der Waals surface area contributed by atoms with Crippen molar-refractivity contribution in [1.82, 2.24) is 5.43 Å². The second-order valence-electron chi connectivity index (χ2n) is 5.53. The van der Waals surface area contributed by atoms with Crippen LogP contribution in [0.4, 0.5) is 5.69 Å². The molecule has 2 rings (SSSR count). The first-order valence-electron chi connectivity index (χ1n) is 8.01. The molecular formula is C17H25N3O2. The number of carbonyl (C=O) groups excluding carboxylic acids is 1. The number of nitrogens with one attached hydrogen (secondary N) is 2. The second kappa shape index (κ2) is 9.07. The minimum Gasteiger partial charge on any atom is -0.495 e. The summed E-state index contributed by atoms with van der Waals surface area (Å²) in [6.07, 6.45) is 8.20. The predicted octanol–water partition coefficient (Wildman–Crippen LogP) is 3.32. The van der Waals surface area contributed by atoms with Crippen LogP contribution < -0.4 is 15.5 Å². The minimum atomic E-state index is -0.138. The fourth-order valence-electron chi connectivity index (χ4n) is 2.57. The van der Waals surface area contributed by atoms with Gasteiger partial charge in [-0.2, -0.15) is 5.10 Å². The van der Waals surface area contributed by atoms with Gasteiger partial charge in [0.1, 0.15) is 5.75 Å². The number of rotatable bonds is 5. The van der Waals surface area contributed by atoms with Crippen molar-refractivity contribution in [2.45, 2.75) is 44.9 Å². The molecule has 5 nitrogen and oxygen atoms in total. The number of anilines is 1. The highest BCUT2D eigenvalue weighted by Gasteiger charge is 2.07. The van der Waals surface area contributed by atoms with Crippen molar-refractivity contribution in [2.24, 2.45) is 5.10 Å². The molecule has 0 heterocycles. The van der Waals surface area contributed by atoms with Crippen molar-refractivity contribution in [3.63, 3.8) is 0 Å². The topological polar surface area (TPSA) is 62.7 Å². The summed E-state index contributed by atoms with van der Waals surface area (Å²) in [5.41, 5.74) is 4.57. The van der Waals surface area contributed by atoms with Crippen molar-refractivity contribution >= 4 is 17.3 Å². The first-order valence-corrected chi connectivity index (χ1v) is 8.01. The average Bonchev–Trinajstić information content (AvgIpc) is 2.52. The minimum absolute atomic E-state index is 0.138. The quantitative estimate of drug-likeness (QED) is 0.820. The Hall–Kier alpha value is -2.04. The highest BCUT2D eigenvalue weighted by atomic mass is 16.5. The number of carbonyl (C=O) groups is 1. The van der Waals surface area contributed by atoms with Gasteiger partial charge in [-0.15, -0.1) is 0 Å². The average molecular weight is 303 g/mol. The maximum atomic E-state index is 11.9. The van der Waals surface area contributed by atoms with Crippen molar-refractivity contribution < 1.29 is 9.53 Å². The lowest BCUT2D eigenvalue weighted by Gasteiger charge is -2.12. The summed E-state index contributed by atoms with van der Waals surface area (Å²) in [4.78, 5) is 11.9. The van der Waals surface area contributed by atoms with E-state index in [9.17, 15) is 4.79 Å². The number of hydrogen-bond donors (Lipinski definition) is 2. The molecule has 1 amide bonds. The Morgan fingerprint density at radius 2 is 1.82 bits per heavy atom. The Morgan fingerprint density at radius 1 is 1.14 bits per heavy atom. The van der Waals surface area contributed by atoms with Gasteiger partial charge in [-0.25, -0.2) is 5.43 Å². The zero-order valence-corrected chi connectivity index (χ0v) is 13.2. The van der Waals surface area contributed by atoms with Crippen LogP contribution in [0, 0.1) is 0 Å². The van der Waals surface area contributed by atoms with Gasteiger partial charge in [0.15, 0.2) is 0 Å². The zero-order valence-electron chi connectivity index (χ0n) is 13.2. The van der Waals surface area contributed by atoms with E-state index in [-0.39, 0.29) is 12.5 Å². The molecule has 0 aliphatic heterocycles. The molecule has 0 saturated heterocycles. The van der Waals surface area contributed by atoms with Crippen LogP contribution in [0.2, 0.25) is 0 Å². The SMILES string of the molecule is COc1ccccc1NCC(=O)NN=C1CCCCCCC1. The summed E-state index contributed by atoms with van der Waals surface area (Å²) in [5.74, 6) is 0.585. The van der Waals surface area contributed by atoms with Gasteiger partial charge in [0.05, 0.1) is 19.3 Å². The number of ether oxygens (including phenoxy) is 1. The Bertz CT molecular complexity index is 504. The van der Waals surface area contributed by atoms with Gasteiger partial charge in [-0.3, -0.25) is 4.79 Å². The number of nitrogens with zero attached hydrogens (tertiary/aromatic N) is 1. The Morgan fingerprint density at radius 3 is 2.55 bits per heavy atom. The van der Waals surface area contributed by atoms with Gasteiger partial charge < -0.3 is 10.1 Å². The van der Waals surface area contributed by atoms with Crippen LogP contribution in [0.25, 0.3) is 0 Å². The molecule has 0 atom stereocenters. The molecule has 0 aromatic heterocycles. The normalized spacial score (nSPS) is 15.4. The van der Waals surface area contributed by atoms with Gasteiger partial charge in [0.25, 0.3) is 5.91 Å². The van der Waals surface area contributed by atoms with Crippen LogP contribution in [0.1, 0.15) is 44.9 Å². The third kappa shape index (κ3) is 5.39. The number of hydrogen-bond acceptors (Lipinski definition) is 4. The molecule has 1 saturated carbocycles. The highest BCUT2D eigenvalue weighted by molar-refractivity contribution is 5.87. The molecule has 5 heteroatoms. The van der Waals surface area contributed by atoms with Crippen molar-refractivity contribution in [3.05, 3.63) is 24.3 Å². The smallest absolute Gasteiger partial charge is 0.259 e. The maximum absolute atomic E-state index is 11.9. The van der Waals surface area contributed by atoms with Crippen LogP contribution in [0.3, 0.4) is 0 Å². The van der Waals surface area contributed by atoms with E-state index in [0.29, 0.717) is 0 Å². The maximum Gasteiger partial charge on any atom is 0.259 e. The molecule has 1 aromatic rings. The monoisotopic (exact) mass is 303 g/mol. The number of methoxy groups -OCH3 is 1. The van der Waals surface area contributed by atoms with Crippen molar-refractivity contribution in [3.8, 4) is 5.75 Å². The van der Waals surface area contributed by atoms with E-state index in [1.54, 1.807) is 7.11 Å². The summed E-state index contributed by atoms with van der Waals surface area (Å²) in [5, 5.41) is 7.35. The van der Waals surface area contributed by atoms with Gasteiger partial charge in [-0.1, -0.05) is 31.4 Å². The lowest BCUT2D eigenvalue weighted by Crippen LogP contribution is -2.27. The molecule has 0 unspecified atom stereocenters. The standard InChI is InChI=1S/C17H25N3O2/c1-22-16-12-8-7-11-15(16)18-13-17(21)20-19-14-9-5-3-2-4-6-10-14/h7-8,11-12,18H,2-6,9-10,13H2,1H3,(H,20,21). The third-order valence-electron chi connectivity index (χ3n) is 3.82. The third-order valence-corrected chi connectivity index (χ3v) is 3.82. The highest BCUT2D eigenvalue weighted by Crippen LogP contribution is 2.22. The van der Waals surface area contributed by atoms with Gasteiger partial charge in [0.2, 0.25) is 0 Å². The Labute approximate surface area is 132 Å². The number of para-hydroxylation sites is 2. The molecule has 0 radical (unpaired) electrons. The number of amides is 1. The van der Waals surface area contributed by atoms with Crippen molar-refractivity contribution in [1.29, 1.82) is 0 Å². The first-order chi connectivity index (χ1) is 10.8. The molecule has 1 aliphatic carbocycles. The summed E-state index contributed by atoms with van der Waals surface area (Å²) in [6, 6.07) is 7.53. The lowest BCUT2D eigenvalue weighted by atomic mass is 9.99. The summed E-state index contributed by atoms with van der Waals surface area (Å²) in [7, 11) is 1.61. The van der Waals surface area contributed by atoms with Crippen LogP contribution in [-0.2, 0) is 4.79 Å². The summed E-state index contributed by atoms with van der Waals surface area (Å²) >= 11 is 0. The number of hydrazone groups is 1. The number of benzene rings is 1. The lowest BCUT2D eigenvalue weighted by molar-refractivity contribution is -0.119. The van der Waals surface area contributed by atoms with E-state index in [0.717, 1.165) is 30.0 Å². The molecular weight excluding hydrogens is 278 g/mol. The second-order valence-corrected chi connectivity index (χ2v) is 5.53. The van der Waals surface area contributed by atoms with Gasteiger partial charge in [-0.05, 0) is 37.8 Å². The fraction of sp³-hybridized carbons (Fsp3) is 0.529. The molecule has 1 aliphatic rings. The van der Waals surface area contributed by atoms with E-state index in [1.807, 2.05) is 24.3 Å². The van der Waals surface area contributed by atoms with Gasteiger partial charge in [0, 0.05) is 5.71 Å². The van der Waals surface area contributed by atoms with Crippen LogP contribution in [0.15, 0.2) is 29.4 Å². The molecule has 22 heavy (non-hydrogen) atoms. The molecule has 120 valence electrons. The largest absolute Gasteiger partial charge is 0.495 e. The molecule has 1 aromatic carbocycles. The van der Waals surface area contributed by atoms with E-state index >= 15 is 0 Å². The predicted molar refractivity (Wildman–Crippen MR) is 89.4 cm³/mol. The summed E-state index contributed by atoms with van der Waals surface area (Å²) < 4.78 is 5.24. The van der Waals surface area contributed by atoms with Crippen LogP contribution in [0.5, 0.6) is 5.75 Å². The van der Waals surface area contributed by atoms with Gasteiger partial charge >= 0.3 is 0 Å². The van der Waals surface area contributed by atoms with E-state index in [2.05, 4.69) is 15.8 Å². The Balaban J connectivity index is 1.79. The zero-order chi connectivity index (χ0) is 15.6. The molecule has 0 spiro atoms. The van der Waals surface area contributed by atoms with E-state index < -0.39 is 0 Å². The Kier molecular flexibility index (Phi) is 6.74. The van der Waals surface area contributed by atoms with E-state index in [4.69, 9.17) is 4.74 Å². The molecule has 2 N–H and O–H groups in total. The first kappa shape index (κ1) is 16.3. The van der Waals surface area contributed by atoms with Crippen LogP contribution >= 0.6 is 0 Å². The fourth-order valence-corrected chi connectivity index (χ4v) is 2.57. The van der Waals surface area contributed by atoms with E-state index in [1.165, 1.54) is 32.1 Å². The summed E-state index contributed by atoms with van der Waals surface area (Å²) in [6.45, 7) is 0.178.